The molecule has 76 valence electrons. The maximum Gasteiger partial charge on any atom is 1.00 e. The fourth-order valence-corrected chi connectivity index (χ4v) is 0.704. The first-order chi connectivity index (χ1) is 5.70. The molecule has 0 atom stereocenters. The van der Waals surface area contributed by atoms with Crippen molar-refractivity contribution in [3.8, 4) is 0 Å². The van der Waals surface area contributed by atoms with Crippen molar-refractivity contribution in [2.75, 3.05) is 0 Å². The average Bonchev–Trinajstić information content (AvgIpc) is 1.98. The summed E-state index contributed by atoms with van der Waals surface area (Å²) >= 11 is 0. The molecule has 0 aliphatic heterocycles. The van der Waals surface area contributed by atoms with Crippen molar-refractivity contribution in [3.63, 3.8) is 0 Å². The van der Waals surface area contributed by atoms with Gasteiger partial charge in [-0.05, 0) is 26.8 Å². The first kappa shape index (κ1) is 16.5. The van der Waals surface area contributed by atoms with Gasteiger partial charge in [0.1, 0.15) is 0 Å². The van der Waals surface area contributed by atoms with Gasteiger partial charge >= 0.3 is 29.6 Å². The van der Waals surface area contributed by atoms with Gasteiger partial charge in [0.25, 0.3) is 16.0 Å². The fourth-order valence-electron chi connectivity index (χ4n) is 0.263. The molecule has 0 saturated carbocycles. The molecule has 0 fully saturated rings. The molecular formula is C7H13NNaO4S+. The molecule has 0 aromatic rings. The van der Waals surface area contributed by atoms with Crippen molar-refractivity contribution >= 4 is 16.0 Å². The molecule has 0 aromatic heterocycles. The van der Waals surface area contributed by atoms with E-state index in [1.165, 1.54) is 20.8 Å². The Morgan fingerprint density at radius 1 is 1.43 bits per heavy atom. The number of rotatable bonds is 3. The second-order valence-electron chi connectivity index (χ2n) is 3.32. The summed E-state index contributed by atoms with van der Waals surface area (Å²) in [4.78, 5) is 10.6. The Balaban J connectivity index is 0. The molecular weight excluding hydrogens is 217 g/mol. The molecule has 0 bridgehead atoms. The summed E-state index contributed by atoms with van der Waals surface area (Å²) in [6.45, 7) is 7.52. The van der Waals surface area contributed by atoms with Crippen LogP contribution in [0.25, 0.3) is 0 Å². The molecule has 5 nitrogen and oxygen atoms in total. The van der Waals surface area contributed by atoms with Crippen molar-refractivity contribution in [1.82, 2.24) is 5.48 Å². The monoisotopic (exact) mass is 230 g/mol. The Bertz CT molecular complexity index is 304. The normalized spacial score (nSPS) is 11.4. The summed E-state index contributed by atoms with van der Waals surface area (Å²) in [7, 11) is -3.78. The zero-order valence-electron chi connectivity index (χ0n) is 8.83. The van der Waals surface area contributed by atoms with Crippen molar-refractivity contribution < 1.29 is 47.1 Å². The predicted molar refractivity (Wildman–Crippen MR) is 48.1 cm³/mol. The summed E-state index contributed by atoms with van der Waals surface area (Å²) in [6.07, 6.45) is 0.915. The standard InChI is InChI=1S/C7H13NO4S.Na/c1-5-6(9)8-12-13(10,11)7(2,3)4;/h5H,1H2,2-4H3,(H,8,9);/q;+1. The zero-order chi connectivity index (χ0) is 10.7. The molecule has 0 aliphatic rings. The van der Waals surface area contributed by atoms with E-state index in [9.17, 15) is 13.2 Å². The van der Waals surface area contributed by atoms with Crippen LogP contribution in [0.4, 0.5) is 0 Å². The Labute approximate surface area is 106 Å². The van der Waals surface area contributed by atoms with E-state index in [2.05, 4.69) is 10.9 Å². The van der Waals surface area contributed by atoms with Crippen LogP contribution in [0.5, 0.6) is 0 Å². The minimum atomic E-state index is -3.78. The van der Waals surface area contributed by atoms with Crippen LogP contribution in [-0.2, 0) is 19.2 Å². The maximum atomic E-state index is 11.2. The van der Waals surface area contributed by atoms with Gasteiger partial charge in [0.15, 0.2) is 0 Å². The van der Waals surface area contributed by atoms with E-state index >= 15 is 0 Å². The Morgan fingerprint density at radius 2 is 1.86 bits per heavy atom. The van der Waals surface area contributed by atoms with Gasteiger partial charge < -0.3 is 0 Å². The number of hydrogen-bond donors (Lipinski definition) is 1. The van der Waals surface area contributed by atoms with Crippen LogP contribution >= 0.6 is 0 Å². The third-order valence-electron chi connectivity index (χ3n) is 1.19. The van der Waals surface area contributed by atoms with Crippen molar-refractivity contribution in [2.24, 2.45) is 0 Å². The largest absolute Gasteiger partial charge is 1.00 e. The first-order valence-electron chi connectivity index (χ1n) is 3.56. The molecule has 0 unspecified atom stereocenters. The SMILES string of the molecule is C=CC(=O)NOS(=O)(=O)C(C)(C)C.[Na+]. The van der Waals surface area contributed by atoms with Crippen molar-refractivity contribution in [2.45, 2.75) is 25.5 Å². The van der Waals surface area contributed by atoms with E-state index in [1.54, 1.807) is 5.48 Å². The quantitative estimate of drug-likeness (QED) is 0.326. The maximum absolute atomic E-state index is 11.2. The smallest absolute Gasteiger partial charge is 0.268 e. The molecule has 0 radical (unpaired) electrons. The van der Waals surface area contributed by atoms with Gasteiger partial charge in [-0.3, -0.25) is 4.79 Å². The fraction of sp³-hybridized carbons (Fsp3) is 0.571. The number of amides is 1. The minimum absolute atomic E-state index is 0. The minimum Gasteiger partial charge on any atom is -0.268 e. The van der Waals surface area contributed by atoms with Crippen LogP contribution in [0, 0.1) is 0 Å². The van der Waals surface area contributed by atoms with Crippen LogP contribution in [0.3, 0.4) is 0 Å². The second-order valence-corrected chi connectivity index (χ2v) is 5.62. The van der Waals surface area contributed by atoms with Gasteiger partial charge in [0.05, 0.1) is 4.75 Å². The van der Waals surface area contributed by atoms with Crippen LogP contribution < -0.4 is 35.0 Å². The summed E-state index contributed by atoms with van der Waals surface area (Å²) < 4.78 is 25.6. The number of carbonyl (C=O) groups excluding carboxylic acids is 1. The Kier molecular flexibility index (Phi) is 6.94. The van der Waals surface area contributed by atoms with E-state index in [-0.39, 0.29) is 29.6 Å². The van der Waals surface area contributed by atoms with Crippen molar-refractivity contribution in [3.05, 3.63) is 12.7 Å². The molecule has 0 aromatic carbocycles. The van der Waals surface area contributed by atoms with Gasteiger partial charge in [0.2, 0.25) is 0 Å². The van der Waals surface area contributed by atoms with E-state index < -0.39 is 20.8 Å². The van der Waals surface area contributed by atoms with E-state index in [0.717, 1.165) is 6.08 Å². The van der Waals surface area contributed by atoms with Gasteiger partial charge in [-0.2, -0.15) is 8.42 Å². The van der Waals surface area contributed by atoms with Gasteiger partial charge in [-0.15, -0.1) is 4.28 Å². The van der Waals surface area contributed by atoms with Crippen LogP contribution in [0.1, 0.15) is 20.8 Å². The van der Waals surface area contributed by atoms with Crippen LogP contribution in [0.2, 0.25) is 0 Å². The Hall–Kier alpha value is 0.120. The molecule has 0 rings (SSSR count). The molecule has 0 aliphatic carbocycles. The molecule has 0 spiro atoms. The van der Waals surface area contributed by atoms with Gasteiger partial charge in [-0.25, -0.2) is 5.48 Å². The van der Waals surface area contributed by atoms with Crippen LogP contribution in [0.15, 0.2) is 12.7 Å². The zero-order valence-corrected chi connectivity index (χ0v) is 11.6. The number of hydroxylamine groups is 1. The average molecular weight is 230 g/mol. The molecule has 14 heavy (non-hydrogen) atoms. The van der Waals surface area contributed by atoms with E-state index in [4.69, 9.17) is 0 Å². The summed E-state index contributed by atoms with van der Waals surface area (Å²) in [5.74, 6) is -0.701. The summed E-state index contributed by atoms with van der Waals surface area (Å²) in [6, 6.07) is 0. The third kappa shape index (κ3) is 5.11. The summed E-state index contributed by atoms with van der Waals surface area (Å²) in [5.41, 5.74) is 1.73. The second kappa shape index (κ2) is 5.87. The molecule has 0 saturated heterocycles. The third-order valence-corrected chi connectivity index (χ3v) is 2.99. The van der Waals surface area contributed by atoms with Crippen LogP contribution in [-0.4, -0.2) is 19.1 Å². The number of nitrogens with one attached hydrogen (secondary N) is 1. The first-order valence-corrected chi connectivity index (χ1v) is 4.97. The topological polar surface area (TPSA) is 72.5 Å². The molecule has 1 amide bonds. The molecule has 1 N–H and O–H groups in total. The van der Waals surface area contributed by atoms with E-state index in [1.807, 2.05) is 0 Å². The molecule has 0 heterocycles. The Morgan fingerprint density at radius 3 is 2.14 bits per heavy atom. The molecule has 7 heteroatoms. The van der Waals surface area contributed by atoms with Gasteiger partial charge in [-0.1, -0.05) is 6.58 Å². The summed E-state index contributed by atoms with van der Waals surface area (Å²) in [5, 5.41) is 0. The predicted octanol–water partition coefficient (Wildman–Crippen LogP) is -2.65. The van der Waals surface area contributed by atoms with Crippen molar-refractivity contribution in [1.29, 1.82) is 0 Å². The number of hydrogen-bond acceptors (Lipinski definition) is 4. The van der Waals surface area contributed by atoms with E-state index in [0.29, 0.717) is 0 Å². The number of carbonyl (C=O) groups is 1. The van der Waals surface area contributed by atoms with Gasteiger partial charge in [0, 0.05) is 0 Å².